The Morgan fingerprint density at radius 1 is 1.10 bits per heavy atom. The Bertz CT molecular complexity index is 1140. The van der Waals surface area contributed by atoms with Crippen LogP contribution in [0.3, 0.4) is 0 Å². The van der Waals surface area contributed by atoms with Gasteiger partial charge in [0.25, 0.3) is 5.91 Å². The molecule has 1 amide bonds. The van der Waals surface area contributed by atoms with Gasteiger partial charge in [0.2, 0.25) is 10.0 Å². The van der Waals surface area contributed by atoms with Gasteiger partial charge in [-0.1, -0.05) is 30.3 Å². The molecule has 7 heteroatoms. The van der Waals surface area contributed by atoms with Crippen LogP contribution in [0.2, 0.25) is 0 Å². The van der Waals surface area contributed by atoms with Crippen LogP contribution >= 0.6 is 0 Å². The molecule has 30 heavy (non-hydrogen) atoms. The van der Waals surface area contributed by atoms with E-state index in [0.717, 1.165) is 23.7 Å². The predicted octanol–water partition coefficient (Wildman–Crippen LogP) is 3.66. The number of nitrogens with one attached hydrogen (secondary N) is 1. The summed E-state index contributed by atoms with van der Waals surface area (Å²) in [4.78, 5) is 13.2. The van der Waals surface area contributed by atoms with Crippen LogP contribution in [0.1, 0.15) is 36.3 Å². The van der Waals surface area contributed by atoms with Crippen LogP contribution in [-0.4, -0.2) is 43.3 Å². The number of benzene rings is 2. The first-order chi connectivity index (χ1) is 14.2. The Morgan fingerprint density at radius 3 is 2.43 bits per heavy atom. The SMILES string of the molecule is CCn1c(C(=O)N[C@H](C)CCc2ccccc2)cc2cc(S(=O)(=O)N(C)C)ccc21. The fourth-order valence-electron chi connectivity index (χ4n) is 3.55. The molecule has 0 radical (unpaired) electrons. The van der Waals surface area contributed by atoms with E-state index in [-0.39, 0.29) is 16.8 Å². The number of hydrogen-bond donors (Lipinski definition) is 1. The van der Waals surface area contributed by atoms with Crippen molar-refractivity contribution in [1.29, 1.82) is 0 Å². The molecule has 0 spiro atoms. The van der Waals surface area contributed by atoms with Gasteiger partial charge in [-0.05, 0) is 56.5 Å². The van der Waals surface area contributed by atoms with Gasteiger partial charge in [-0.3, -0.25) is 4.79 Å². The van der Waals surface area contributed by atoms with Crippen molar-refractivity contribution >= 4 is 26.8 Å². The highest BCUT2D eigenvalue weighted by Crippen LogP contribution is 2.25. The number of nitrogens with zero attached hydrogens (tertiary/aromatic N) is 2. The first-order valence-electron chi connectivity index (χ1n) is 10.1. The van der Waals surface area contributed by atoms with Gasteiger partial charge in [-0.2, -0.15) is 0 Å². The summed E-state index contributed by atoms with van der Waals surface area (Å²) in [5.41, 5.74) is 2.63. The van der Waals surface area contributed by atoms with E-state index < -0.39 is 10.0 Å². The third-order valence-corrected chi connectivity index (χ3v) is 7.10. The molecule has 1 atom stereocenters. The number of amides is 1. The summed E-state index contributed by atoms with van der Waals surface area (Å²) in [5, 5.41) is 3.82. The Labute approximate surface area is 178 Å². The summed E-state index contributed by atoms with van der Waals surface area (Å²) in [6.07, 6.45) is 1.73. The molecule has 1 heterocycles. The van der Waals surface area contributed by atoms with Crippen LogP contribution in [-0.2, 0) is 23.0 Å². The lowest BCUT2D eigenvalue weighted by molar-refractivity contribution is 0.0929. The zero-order valence-electron chi connectivity index (χ0n) is 17.9. The maximum absolute atomic E-state index is 12.9. The third-order valence-electron chi connectivity index (χ3n) is 5.29. The molecule has 0 aliphatic carbocycles. The molecule has 0 saturated heterocycles. The summed E-state index contributed by atoms with van der Waals surface area (Å²) < 4.78 is 28.0. The fraction of sp³-hybridized carbons (Fsp3) is 0.348. The highest BCUT2D eigenvalue weighted by atomic mass is 32.2. The molecule has 3 rings (SSSR count). The molecule has 0 unspecified atom stereocenters. The lowest BCUT2D eigenvalue weighted by atomic mass is 10.1. The summed E-state index contributed by atoms with van der Waals surface area (Å²) >= 11 is 0. The van der Waals surface area contributed by atoms with Gasteiger partial charge in [0, 0.05) is 37.6 Å². The number of aryl methyl sites for hydroxylation is 2. The van der Waals surface area contributed by atoms with Crippen molar-refractivity contribution in [3.05, 3.63) is 65.9 Å². The van der Waals surface area contributed by atoms with Gasteiger partial charge in [0.15, 0.2) is 0 Å². The quantitative estimate of drug-likeness (QED) is 0.596. The first kappa shape index (κ1) is 22.1. The molecule has 2 aromatic carbocycles. The lowest BCUT2D eigenvalue weighted by Crippen LogP contribution is -2.34. The first-order valence-corrected chi connectivity index (χ1v) is 11.6. The van der Waals surface area contributed by atoms with E-state index in [1.54, 1.807) is 24.3 Å². The number of aromatic nitrogens is 1. The second kappa shape index (κ2) is 9.02. The minimum atomic E-state index is -3.53. The molecule has 0 saturated carbocycles. The van der Waals surface area contributed by atoms with Crippen LogP contribution in [0, 0.1) is 0 Å². The number of carbonyl (C=O) groups excluding carboxylic acids is 1. The smallest absolute Gasteiger partial charge is 0.268 e. The Morgan fingerprint density at radius 2 is 1.80 bits per heavy atom. The largest absolute Gasteiger partial charge is 0.348 e. The van der Waals surface area contributed by atoms with Crippen molar-refractivity contribution in [2.75, 3.05) is 14.1 Å². The monoisotopic (exact) mass is 427 g/mol. The van der Waals surface area contributed by atoms with Gasteiger partial charge in [-0.25, -0.2) is 12.7 Å². The minimum absolute atomic E-state index is 0.0192. The van der Waals surface area contributed by atoms with Crippen LogP contribution in [0.15, 0.2) is 59.5 Å². The van der Waals surface area contributed by atoms with Crippen molar-refractivity contribution in [3.63, 3.8) is 0 Å². The Kier molecular flexibility index (Phi) is 6.63. The number of sulfonamides is 1. The van der Waals surface area contributed by atoms with Crippen LogP contribution < -0.4 is 5.32 Å². The summed E-state index contributed by atoms with van der Waals surface area (Å²) in [6.45, 7) is 4.59. The molecule has 0 fully saturated rings. The number of rotatable bonds is 8. The molecule has 0 aliphatic heterocycles. The van der Waals surface area contributed by atoms with Crippen molar-refractivity contribution in [3.8, 4) is 0 Å². The van der Waals surface area contributed by atoms with E-state index in [9.17, 15) is 13.2 Å². The van der Waals surface area contributed by atoms with E-state index in [0.29, 0.717) is 12.2 Å². The van der Waals surface area contributed by atoms with Gasteiger partial charge in [-0.15, -0.1) is 0 Å². The number of carbonyl (C=O) groups is 1. The van der Waals surface area contributed by atoms with Gasteiger partial charge in [0.05, 0.1) is 4.90 Å². The highest BCUT2D eigenvalue weighted by molar-refractivity contribution is 7.89. The molecular formula is C23H29N3O3S. The Balaban J connectivity index is 1.81. The second-order valence-electron chi connectivity index (χ2n) is 7.68. The van der Waals surface area contributed by atoms with E-state index in [2.05, 4.69) is 17.4 Å². The van der Waals surface area contributed by atoms with Crippen molar-refractivity contribution in [2.45, 2.75) is 44.2 Å². The van der Waals surface area contributed by atoms with Crippen molar-refractivity contribution in [2.24, 2.45) is 0 Å². The molecule has 160 valence electrons. The normalized spacial score (nSPS) is 13.0. The van der Waals surface area contributed by atoms with Crippen molar-refractivity contribution < 1.29 is 13.2 Å². The molecular weight excluding hydrogens is 398 g/mol. The number of fused-ring (bicyclic) bond motifs is 1. The Hall–Kier alpha value is -2.64. The van der Waals surface area contributed by atoms with Gasteiger partial charge < -0.3 is 9.88 Å². The molecule has 6 nitrogen and oxygen atoms in total. The molecule has 1 N–H and O–H groups in total. The maximum atomic E-state index is 12.9. The van der Waals surface area contributed by atoms with E-state index in [4.69, 9.17) is 0 Å². The standard InChI is InChI=1S/C23H29N3O3S/c1-5-26-21-14-13-20(30(28,29)25(3)4)15-19(21)16-22(26)23(27)24-17(2)11-12-18-9-7-6-8-10-18/h6-10,13-17H,5,11-12H2,1-4H3,(H,24,27)/t17-/m1/s1. The topological polar surface area (TPSA) is 71.4 Å². The molecule has 3 aromatic rings. The summed E-state index contributed by atoms with van der Waals surface area (Å²) in [5.74, 6) is -0.148. The predicted molar refractivity (Wildman–Crippen MR) is 120 cm³/mol. The second-order valence-corrected chi connectivity index (χ2v) is 9.83. The fourth-order valence-corrected chi connectivity index (χ4v) is 4.48. The highest BCUT2D eigenvalue weighted by Gasteiger charge is 2.21. The lowest BCUT2D eigenvalue weighted by Gasteiger charge is -2.15. The van der Waals surface area contributed by atoms with Gasteiger partial charge >= 0.3 is 0 Å². The van der Waals surface area contributed by atoms with E-state index >= 15 is 0 Å². The van der Waals surface area contributed by atoms with Crippen LogP contribution in [0.25, 0.3) is 10.9 Å². The summed E-state index contributed by atoms with van der Waals surface area (Å²) in [7, 11) is -0.515. The number of hydrogen-bond acceptors (Lipinski definition) is 3. The maximum Gasteiger partial charge on any atom is 0.268 e. The van der Waals surface area contributed by atoms with Crippen molar-refractivity contribution in [1.82, 2.24) is 14.2 Å². The third kappa shape index (κ3) is 4.57. The van der Waals surface area contributed by atoms with Gasteiger partial charge in [0.1, 0.15) is 5.69 Å². The average Bonchev–Trinajstić information content (AvgIpc) is 3.11. The molecule has 1 aromatic heterocycles. The van der Waals surface area contributed by atoms with Crippen LogP contribution in [0.4, 0.5) is 0 Å². The molecule has 0 aliphatic rings. The molecule has 0 bridgehead atoms. The minimum Gasteiger partial charge on any atom is -0.348 e. The van der Waals surface area contributed by atoms with Crippen LogP contribution in [0.5, 0.6) is 0 Å². The van der Waals surface area contributed by atoms with E-state index in [1.165, 1.54) is 24.0 Å². The summed E-state index contributed by atoms with van der Waals surface area (Å²) in [6, 6.07) is 17.0. The van der Waals surface area contributed by atoms with E-state index in [1.807, 2.05) is 36.6 Å². The zero-order chi connectivity index (χ0) is 21.9. The zero-order valence-corrected chi connectivity index (χ0v) is 18.7. The average molecular weight is 428 g/mol.